The van der Waals surface area contributed by atoms with Crippen molar-refractivity contribution in [3.8, 4) is 5.75 Å². The van der Waals surface area contributed by atoms with E-state index in [9.17, 15) is 70.7 Å². The van der Waals surface area contributed by atoms with Gasteiger partial charge in [-0.05, 0) is 159 Å². The number of nitrogens with two attached hydrogens (primary N) is 1. The maximum atomic E-state index is 13.1. The molecule has 0 spiro atoms. The molecule has 7 fully saturated rings. The van der Waals surface area contributed by atoms with Gasteiger partial charge in [-0.25, -0.2) is 19.2 Å². The van der Waals surface area contributed by atoms with E-state index in [4.69, 9.17) is 20.7 Å². The van der Waals surface area contributed by atoms with Crippen LogP contribution in [-0.4, -0.2) is 127 Å². The standard InChI is InChI=1S/C22H19F3N4O2S.C19H16N4O4S.C18H15N3O4S.C15H19N3O3S.C11H11N3O2S/c23-22(24,25)15-9-3-4-10-17(15)26-19(30)12-18-20(31)27-21(32-18)29-28-16-11-5-7-13-6-1-2-8-14(13)16;24-16(21-14-8-6-13(7-9-14)18(26)27)10-15-17(25)22-19(28-15)23-20-11-12-4-2-1-3-5-12;22-16-10-12(19-17(23)21-16)11-26-15-9-5-4-8-14(15)20-18(24)25-13-6-2-1-3-7-13;19-12(20)6-11-14(21)16-15(22-11)18-17-13-9-2-7-1-8(4-9)5-10(13)3-7;12-8-3-1-2-4-9(8)17-6-7-5-10(15)14-11(16)13-7/h1-4,6,8-10,18H,5,7,11-12H2,(H,26,30)(H,27,29,31);1-9,11,15H,10H2,(H,21,24)(H,26,27)(H,22,23,25);1-10H,11H2,(H,20,24)(H2,19,21,22,23);7-11H,1-6H2,(H,19,20)(H,16,18,21);1-5H,6,12H2,(H2,13,14,15,16)/b28-16+;20-11+;;;. The van der Waals surface area contributed by atoms with E-state index in [2.05, 4.69) is 88.5 Å². The van der Waals surface area contributed by atoms with Gasteiger partial charge in [0.1, 0.15) is 21.5 Å². The van der Waals surface area contributed by atoms with Crippen molar-refractivity contribution in [2.75, 3.05) is 21.7 Å². The monoisotopic (exact) mass is 1800 g/mol. The van der Waals surface area contributed by atoms with Crippen LogP contribution in [0.3, 0.4) is 0 Å². The second kappa shape index (κ2) is 43.7. The number of hydrogen-bond acceptors (Lipinski definition) is 25. The molecule has 40 heteroatoms. The Morgan fingerprint density at radius 2 is 1.02 bits per heavy atom. The number of nitrogens with one attached hydrogen (secondary N) is 10. The summed E-state index contributed by atoms with van der Waals surface area (Å²) >= 11 is 6.19. The number of aryl methyl sites for hydroxylation is 1. The molecule has 5 aliphatic carbocycles. The maximum absolute atomic E-state index is 13.1. The summed E-state index contributed by atoms with van der Waals surface area (Å²) in [5.41, 5.74) is 10.7. The van der Waals surface area contributed by atoms with Gasteiger partial charge in [-0.1, -0.05) is 144 Å². The van der Waals surface area contributed by atoms with Crippen LogP contribution < -0.4 is 64.9 Å². The maximum Gasteiger partial charge on any atom is 0.418 e. The summed E-state index contributed by atoms with van der Waals surface area (Å²) in [4.78, 5) is 150. The molecule has 7 aromatic carbocycles. The molecule has 6 amide bonds. The van der Waals surface area contributed by atoms with E-state index in [0.29, 0.717) is 67.9 Å². The number of alkyl halides is 3. The Kier molecular flexibility index (Phi) is 31.8. The number of carbonyl (C=O) groups excluding carboxylic acids is 6. The molecule has 3 atom stereocenters. The van der Waals surface area contributed by atoms with E-state index in [1.165, 1.54) is 133 Å². The van der Waals surface area contributed by atoms with Gasteiger partial charge in [0.15, 0.2) is 15.5 Å². The Bertz CT molecular complexity index is 5850. The molecule has 8 aliphatic rings. The lowest BCUT2D eigenvalue weighted by Crippen LogP contribution is -2.45. The number of carboxylic acid groups (broad SMARTS) is 2. The molecule has 3 aliphatic heterocycles. The van der Waals surface area contributed by atoms with Crippen molar-refractivity contribution in [3.05, 3.63) is 275 Å². The van der Waals surface area contributed by atoms with Crippen molar-refractivity contribution in [1.29, 1.82) is 0 Å². The fourth-order valence-corrected chi connectivity index (χ4v) is 18.7. The van der Waals surface area contributed by atoms with Gasteiger partial charge in [-0.15, -0.1) is 38.8 Å². The van der Waals surface area contributed by atoms with E-state index in [1.54, 1.807) is 42.6 Å². The fourth-order valence-electron chi connectivity index (χ4n) is 14.2. The number of aromatic nitrogens is 4. The van der Waals surface area contributed by atoms with Crippen LogP contribution in [0.4, 0.5) is 40.7 Å². The number of nitrogen functional groups attached to an aromatic ring is 1. The zero-order valence-electron chi connectivity index (χ0n) is 65.9. The summed E-state index contributed by atoms with van der Waals surface area (Å²) in [6.45, 7) is 0. The summed E-state index contributed by atoms with van der Waals surface area (Å²) in [6.07, 6.45) is 4.96. The number of carbonyl (C=O) groups is 8. The number of aromatic amines is 4. The number of hydrogen-bond donors (Lipinski definition) is 13. The number of carboxylic acids is 2. The topological polar surface area (TPSA) is 490 Å². The average molecular weight is 1800 g/mol. The van der Waals surface area contributed by atoms with Crippen molar-refractivity contribution >= 4 is 162 Å². The Balaban J connectivity index is 0.000000144. The third kappa shape index (κ3) is 27.4. The number of thioether (sulfide) groups is 5. The number of amidine groups is 3. The minimum Gasteiger partial charge on any atom is -0.481 e. The minimum absolute atomic E-state index is 0.0431. The van der Waals surface area contributed by atoms with E-state index in [1.807, 2.05) is 91.0 Å². The first-order valence-electron chi connectivity index (χ1n) is 38.8. The number of aliphatic carboxylic acids is 1. The van der Waals surface area contributed by atoms with Gasteiger partial charge in [-0.2, -0.15) is 28.5 Å². The molecule has 4 saturated carbocycles. The van der Waals surface area contributed by atoms with Crippen LogP contribution in [0.5, 0.6) is 5.75 Å². The molecule has 2 aromatic heterocycles. The van der Waals surface area contributed by atoms with Crippen molar-refractivity contribution in [2.45, 2.75) is 114 Å². The van der Waals surface area contributed by atoms with Gasteiger partial charge >= 0.3 is 35.6 Å². The van der Waals surface area contributed by atoms with Gasteiger partial charge in [-0.3, -0.25) is 53.6 Å². The molecule has 9 aromatic rings. The van der Waals surface area contributed by atoms with Gasteiger partial charge in [0.25, 0.3) is 11.1 Å². The first kappa shape index (κ1) is 91.0. The zero-order valence-corrected chi connectivity index (χ0v) is 70.0. The highest BCUT2D eigenvalue weighted by molar-refractivity contribution is 8.16. The average Bonchev–Trinajstić information content (AvgIpc) is 1.26. The number of anilines is 4. The first-order chi connectivity index (χ1) is 60.1. The molecular formula is C85H80F3N17O15S5. The van der Waals surface area contributed by atoms with Crippen LogP contribution in [0.15, 0.2) is 254 Å². The van der Waals surface area contributed by atoms with Gasteiger partial charge in [0.05, 0.1) is 40.8 Å². The Morgan fingerprint density at radius 3 is 1.60 bits per heavy atom. The third-order valence-corrected chi connectivity index (χ3v) is 25.1. The van der Waals surface area contributed by atoms with Gasteiger partial charge in [0.2, 0.25) is 29.5 Å². The molecule has 5 heterocycles. The summed E-state index contributed by atoms with van der Waals surface area (Å²) in [7, 11) is 0. The molecule has 14 N–H and O–H groups in total. The largest absolute Gasteiger partial charge is 0.481 e. The van der Waals surface area contributed by atoms with Crippen LogP contribution in [0.25, 0.3) is 0 Å². The van der Waals surface area contributed by atoms with Crippen LogP contribution in [0, 0.1) is 23.7 Å². The van der Waals surface area contributed by atoms with Crippen molar-refractivity contribution in [3.63, 3.8) is 0 Å². The molecule has 125 heavy (non-hydrogen) atoms. The number of H-pyrrole nitrogens is 4. The number of nitrogens with zero attached hydrogens (tertiary/aromatic N) is 6. The Labute approximate surface area is 730 Å². The number of rotatable bonds is 21. The molecule has 3 saturated heterocycles. The molecule has 4 bridgehead atoms. The van der Waals surface area contributed by atoms with Crippen LogP contribution >= 0.6 is 58.8 Å². The molecule has 32 nitrogen and oxygen atoms in total. The smallest absolute Gasteiger partial charge is 0.418 e. The highest BCUT2D eigenvalue weighted by Crippen LogP contribution is 2.52. The Hall–Kier alpha value is -13.2. The number of benzene rings is 7. The first-order valence-corrected chi connectivity index (χ1v) is 43.4. The summed E-state index contributed by atoms with van der Waals surface area (Å²) in [5.74, 6) is 0.144. The second-order valence-electron chi connectivity index (χ2n) is 28.7. The number of ether oxygens (including phenoxy) is 1. The van der Waals surface area contributed by atoms with E-state index in [0.717, 1.165) is 87.3 Å². The Morgan fingerprint density at radius 1 is 0.520 bits per heavy atom. The molecule has 17 rings (SSSR count). The van der Waals surface area contributed by atoms with E-state index < -0.39 is 79.8 Å². The third-order valence-electron chi connectivity index (χ3n) is 19.6. The summed E-state index contributed by atoms with van der Waals surface area (Å²) < 4.78 is 44.5. The summed E-state index contributed by atoms with van der Waals surface area (Å²) in [6, 6.07) is 53.9. The van der Waals surface area contributed by atoms with Gasteiger partial charge in [0, 0.05) is 80.3 Å². The summed E-state index contributed by atoms with van der Waals surface area (Å²) in [5, 5.41) is 57.1. The lowest BCUT2D eigenvalue weighted by Gasteiger charge is -2.50. The molecular weight excluding hydrogens is 1720 g/mol. The van der Waals surface area contributed by atoms with Crippen LogP contribution in [-0.2, 0) is 52.9 Å². The predicted molar refractivity (Wildman–Crippen MR) is 477 cm³/mol. The fraction of sp³-hybridized carbons (Fsp3) is 0.247. The van der Waals surface area contributed by atoms with E-state index in [-0.39, 0.29) is 53.4 Å². The number of amides is 6. The number of para-hydroxylation sites is 4. The normalized spacial score (nSPS) is 20.1. The predicted octanol–water partition coefficient (Wildman–Crippen LogP) is 12.5. The highest BCUT2D eigenvalue weighted by Gasteiger charge is 2.47. The van der Waals surface area contributed by atoms with E-state index >= 15 is 0 Å². The van der Waals surface area contributed by atoms with Crippen molar-refractivity contribution in [2.24, 2.45) is 54.3 Å². The van der Waals surface area contributed by atoms with Gasteiger partial charge < -0.3 is 57.2 Å². The SMILES string of the molecule is Nc1ccccc1SCc1cc(=O)[nH]c(=O)[nH]1.O=C(CC1S/C(=N\N=C2/CCCc3ccccc32)NC1=O)Nc1ccccc1C(F)(F)F.O=C(CC1S/C(=N\N=C\c2ccccc2)NC1=O)Nc1ccc(C(=O)O)cc1.O=C(Nc1ccccc1SCc1cc(=O)[nH]c(=O)[nH]1)Oc1ccccc1.O=C(O)CC1S/C(=N\N=C2C3CC4CC(C3)CC2C4)NC1=O. The molecule has 646 valence electrons. The van der Waals surface area contributed by atoms with Crippen molar-refractivity contribution < 1.29 is 66.5 Å². The quantitative estimate of drug-likeness (QED) is 0.0137. The number of fused-ring (bicyclic) bond motifs is 1. The minimum atomic E-state index is -4.60. The second-order valence-corrected chi connectivity index (χ2v) is 34.3. The molecule has 0 radical (unpaired) electrons. The zero-order chi connectivity index (χ0) is 88.5. The lowest BCUT2D eigenvalue weighted by molar-refractivity contribution is -0.138. The van der Waals surface area contributed by atoms with Crippen LogP contribution in [0.2, 0.25) is 0 Å². The highest BCUT2D eigenvalue weighted by atomic mass is 32.2. The lowest BCUT2D eigenvalue weighted by atomic mass is 9.55. The number of aromatic carboxylic acids is 1. The van der Waals surface area contributed by atoms with Crippen LogP contribution in [0.1, 0.15) is 108 Å². The molecule has 3 unspecified atom stereocenters. The van der Waals surface area contributed by atoms with Crippen molar-refractivity contribution in [1.82, 2.24) is 35.9 Å². The number of halogens is 3.